The third-order valence-electron chi connectivity index (χ3n) is 2.26. The van der Waals surface area contributed by atoms with Crippen molar-refractivity contribution in [3.63, 3.8) is 0 Å². The summed E-state index contributed by atoms with van der Waals surface area (Å²) >= 11 is 5.66. The number of hydrogen-bond donors (Lipinski definition) is 1. The molecule has 0 aliphatic heterocycles. The van der Waals surface area contributed by atoms with Crippen LogP contribution >= 0.6 is 11.6 Å². The molecule has 0 saturated carbocycles. The summed E-state index contributed by atoms with van der Waals surface area (Å²) in [6, 6.07) is 2.81. The Morgan fingerprint density at radius 1 is 1.62 bits per heavy atom. The van der Waals surface area contributed by atoms with E-state index in [2.05, 4.69) is 0 Å². The summed E-state index contributed by atoms with van der Waals surface area (Å²) in [6.45, 7) is 1.51. The van der Waals surface area contributed by atoms with E-state index >= 15 is 0 Å². The molecule has 1 atom stereocenters. The lowest BCUT2D eigenvalue weighted by Crippen LogP contribution is -2.13. The summed E-state index contributed by atoms with van der Waals surface area (Å²) in [5.74, 6) is -1.81. The molecule has 0 aliphatic carbocycles. The second-order valence-electron chi connectivity index (χ2n) is 3.53. The van der Waals surface area contributed by atoms with Crippen molar-refractivity contribution in [1.29, 1.82) is 0 Å². The van der Waals surface area contributed by atoms with Gasteiger partial charge in [-0.3, -0.25) is 4.79 Å². The Morgan fingerprint density at radius 2 is 2.25 bits per heavy atom. The number of methoxy groups -OCH3 is 1. The van der Waals surface area contributed by atoms with E-state index in [4.69, 9.17) is 21.4 Å². The molecule has 16 heavy (non-hydrogen) atoms. The molecule has 0 radical (unpaired) electrons. The molecule has 1 N–H and O–H groups in total. The van der Waals surface area contributed by atoms with Crippen molar-refractivity contribution in [3.05, 3.63) is 28.5 Å². The van der Waals surface area contributed by atoms with Crippen LogP contribution in [0.4, 0.5) is 4.39 Å². The quantitative estimate of drug-likeness (QED) is 0.889. The van der Waals surface area contributed by atoms with Gasteiger partial charge in [-0.25, -0.2) is 4.39 Å². The Hall–Kier alpha value is -1.29. The van der Waals surface area contributed by atoms with Crippen molar-refractivity contribution in [1.82, 2.24) is 0 Å². The Bertz CT molecular complexity index is 406. The first-order valence-electron chi connectivity index (χ1n) is 4.70. The highest BCUT2D eigenvalue weighted by atomic mass is 35.5. The Morgan fingerprint density at radius 3 is 2.75 bits per heavy atom. The van der Waals surface area contributed by atoms with Crippen molar-refractivity contribution in [2.24, 2.45) is 5.92 Å². The molecule has 0 heterocycles. The van der Waals surface area contributed by atoms with Crippen LogP contribution in [0.15, 0.2) is 12.1 Å². The van der Waals surface area contributed by atoms with Gasteiger partial charge >= 0.3 is 5.97 Å². The minimum atomic E-state index is -0.974. The molecule has 0 aliphatic rings. The molecule has 0 spiro atoms. The number of halogens is 2. The topological polar surface area (TPSA) is 46.5 Å². The van der Waals surface area contributed by atoms with Gasteiger partial charge in [0.15, 0.2) is 0 Å². The van der Waals surface area contributed by atoms with Crippen molar-refractivity contribution in [2.75, 3.05) is 7.11 Å². The molecule has 1 aromatic carbocycles. The first-order valence-corrected chi connectivity index (χ1v) is 5.08. The van der Waals surface area contributed by atoms with E-state index in [0.717, 1.165) is 0 Å². The molecule has 1 aromatic rings. The largest absolute Gasteiger partial charge is 0.497 e. The fourth-order valence-electron chi connectivity index (χ4n) is 1.30. The summed E-state index contributed by atoms with van der Waals surface area (Å²) < 4.78 is 18.5. The van der Waals surface area contributed by atoms with Crippen LogP contribution < -0.4 is 4.74 Å². The van der Waals surface area contributed by atoms with Gasteiger partial charge in [0.25, 0.3) is 0 Å². The number of ether oxygens (including phenoxy) is 1. The Balaban J connectivity index is 3.03. The Kier molecular flexibility index (Phi) is 4.12. The number of hydrogen-bond acceptors (Lipinski definition) is 2. The van der Waals surface area contributed by atoms with E-state index in [-0.39, 0.29) is 17.0 Å². The summed E-state index contributed by atoms with van der Waals surface area (Å²) in [7, 11) is 1.44. The number of rotatable bonds is 4. The lowest BCUT2D eigenvalue weighted by atomic mass is 10.0. The lowest BCUT2D eigenvalue weighted by Gasteiger charge is -2.10. The number of carbonyl (C=O) groups is 1. The molecule has 0 fully saturated rings. The van der Waals surface area contributed by atoms with Crippen LogP contribution in [0.2, 0.25) is 5.02 Å². The molecule has 0 bridgehead atoms. The average molecular weight is 247 g/mol. The predicted octanol–water partition coefficient (Wildman–Crippen LogP) is 2.75. The number of aliphatic carboxylic acids is 1. The monoisotopic (exact) mass is 246 g/mol. The molecule has 0 aromatic heterocycles. The fourth-order valence-corrected chi connectivity index (χ4v) is 1.53. The molecule has 3 nitrogen and oxygen atoms in total. The number of carboxylic acids is 1. The SMILES string of the molecule is COc1cc(Cl)c(F)c(CC(C)C(=O)O)c1. The van der Waals surface area contributed by atoms with Crippen LogP contribution in [0.5, 0.6) is 5.75 Å². The van der Waals surface area contributed by atoms with E-state index in [1.54, 1.807) is 0 Å². The van der Waals surface area contributed by atoms with Gasteiger partial charge in [-0.2, -0.15) is 0 Å². The first kappa shape index (κ1) is 12.8. The molecule has 1 rings (SSSR count). The van der Waals surface area contributed by atoms with Crippen molar-refractivity contribution >= 4 is 17.6 Å². The minimum absolute atomic E-state index is 0.0630. The molecule has 0 saturated heterocycles. The van der Waals surface area contributed by atoms with Gasteiger partial charge in [-0.15, -0.1) is 0 Å². The third-order valence-corrected chi connectivity index (χ3v) is 2.54. The number of carboxylic acid groups (broad SMARTS) is 1. The Labute approximate surface area is 97.8 Å². The molecule has 0 amide bonds. The first-order chi connectivity index (χ1) is 7.45. The maximum Gasteiger partial charge on any atom is 0.306 e. The van der Waals surface area contributed by atoms with Crippen molar-refractivity contribution in [2.45, 2.75) is 13.3 Å². The second kappa shape index (κ2) is 5.16. The molecular formula is C11H12ClFO3. The highest BCUT2D eigenvalue weighted by molar-refractivity contribution is 6.30. The van der Waals surface area contributed by atoms with E-state index in [1.165, 1.54) is 26.2 Å². The van der Waals surface area contributed by atoms with Crippen molar-refractivity contribution < 1.29 is 19.0 Å². The standard InChI is InChI=1S/C11H12ClFO3/c1-6(11(14)15)3-7-4-8(16-2)5-9(12)10(7)13/h4-6H,3H2,1-2H3,(H,14,15). The number of benzene rings is 1. The van der Waals surface area contributed by atoms with Gasteiger partial charge < -0.3 is 9.84 Å². The summed E-state index contributed by atoms with van der Waals surface area (Å²) in [5.41, 5.74) is 0.249. The third kappa shape index (κ3) is 2.85. The van der Waals surface area contributed by atoms with Crippen molar-refractivity contribution in [3.8, 4) is 5.75 Å². The summed E-state index contributed by atoms with van der Waals surface area (Å²) in [5, 5.41) is 8.68. The lowest BCUT2D eigenvalue weighted by molar-refractivity contribution is -0.141. The maximum atomic E-state index is 13.6. The van der Waals surface area contributed by atoms with Crippen LogP contribution in [0, 0.1) is 11.7 Å². The van der Waals surface area contributed by atoms with Crippen LogP contribution in [0.1, 0.15) is 12.5 Å². The van der Waals surface area contributed by atoms with E-state index in [1.807, 2.05) is 0 Å². The fraction of sp³-hybridized carbons (Fsp3) is 0.364. The maximum absolute atomic E-state index is 13.6. The second-order valence-corrected chi connectivity index (χ2v) is 3.93. The van der Waals surface area contributed by atoms with Gasteiger partial charge in [0.2, 0.25) is 0 Å². The molecule has 88 valence electrons. The van der Waals surface area contributed by atoms with E-state index < -0.39 is 17.7 Å². The zero-order chi connectivity index (χ0) is 12.3. The predicted molar refractivity (Wildman–Crippen MR) is 58.5 cm³/mol. The van der Waals surface area contributed by atoms with E-state index in [9.17, 15) is 9.18 Å². The van der Waals surface area contributed by atoms with Gasteiger partial charge in [0.05, 0.1) is 18.1 Å². The van der Waals surface area contributed by atoms with E-state index in [0.29, 0.717) is 5.75 Å². The zero-order valence-corrected chi connectivity index (χ0v) is 9.71. The molecule has 5 heteroatoms. The van der Waals surface area contributed by atoms with Crippen LogP contribution in [0.3, 0.4) is 0 Å². The molecule has 1 unspecified atom stereocenters. The summed E-state index contributed by atoms with van der Waals surface area (Å²) in [4.78, 5) is 10.7. The van der Waals surface area contributed by atoms with Crippen LogP contribution in [0.25, 0.3) is 0 Å². The normalized spacial score (nSPS) is 12.2. The highest BCUT2D eigenvalue weighted by Crippen LogP contribution is 2.26. The highest BCUT2D eigenvalue weighted by Gasteiger charge is 2.17. The smallest absolute Gasteiger partial charge is 0.306 e. The van der Waals surface area contributed by atoms with Gasteiger partial charge in [0.1, 0.15) is 11.6 Å². The average Bonchev–Trinajstić information content (AvgIpc) is 2.24. The summed E-state index contributed by atoms with van der Waals surface area (Å²) in [6.07, 6.45) is 0.0814. The van der Waals surface area contributed by atoms with Crippen LogP contribution in [-0.4, -0.2) is 18.2 Å². The van der Waals surface area contributed by atoms with Gasteiger partial charge in [-0.05, 0) is 18.1 Å². The van der Waals surface area contributed by atoms with Gasteiger partial charge in [-0.1, -0.05) is 18.5 Å². The van der Waals surface area contributed by atoms with Crippen LogP contribution in [-0.2, 0) is 11.2 Å². The van der Waals surface area contributed by atoms with Gasteiger partial charge in [0, 0.05) is 6.07 Å². The molecular weight excluding hydrogens is 235 g/mol. The zero-order valence-electron chi connectivity index (χ0n) is 8.96. The minimum Gasteiger partial charge on any atom is -0.497 e.